The third-order valence-corrected chi connectivity index (χ3v) is 7.02. The summed E-state index contributed by atoms with van der Waals surface area (Å²) in [6.45, 7) is 3.91. The number of thiol groups is 1. The highest BCUT2D eigenvalue weighted by Crippen LogP contribution is 2.23. The van der Waals surface area contributed by atoms with Crippen LogP contribution >= 0.6 is 24.0 Å². The van der Waals surface area contributed by atoms with Crippen LogP contribution in [0.3, 0.4) is 0 Å². The summed E-state index contributed by atoms with van der Waals surface area (Å²) in [4.78, 5) is 67.6. The second kappa shape index (κ2) is 12.8. The molecule has 198 valence electrons. The molecule has 12 heteroatoms. The Balaban J connectivity index is 1.54. The van der Waals surface area contributed by atoms with Gasteiger partial charge in [0.2, 0.25) is 11.8 Å². The van der Waals surface area contributed by atoms with Gasteiger partial charge in [-0.05, 0) is 37.3 Å². The lowest BCUT2D eigenvalue weighted by Crippen LogP contribution is -2.53. The van der Waals surface area contributed by atoms with E-state index in [9.17, 15) is 29.1 Å². The number of aliphatic carboxylic acids is 1. The van der Waals surface area contributed by atoms with E-state index in [1.165, 1.54) is 11.3 Å². The molecular formula is C25H30N4O6S2. The quantitative estimate of drug-likeness (QED) is 0.222. The van der Waals surface area contributed by atoms with E-state index in [0.717, 1.165) is 4.90 Å². The summed E-state index contributed by atoms with van der Waals surface area (Å²) in [6.07, 6.45) is 0.943. The molecule has 3 N–H and O–H groups in total. The molecule has 0 spiro atoms. The van der Waals surface area contributed by atoms with Gasteiger partial charge in [-0.2, -0.15) is 12.6 Å². The molecule has 10 nitrogen and oxygen atoms in total. The number of thiazole rings is 1. The van der Waals surface area contributed by atoms with Gasteiger partial charge in [0.15, 0.2) is 0 Å². The van der Waals surface area contributed by atoms with Crippen molar-refractivity contribution in [1.29, 1.82) is 0 Å². The molecule has 2 heterocycles. The molecule has 37 heavy (non-hydrogen) atoms. The molecule has 0 radical (unpaired) electrons. The van der Waals surface area contributed by atoms with Gasteiger partial charge in [0.1, 0.15) is 12.1 Å². The number of carbonyl (C=O) groups is 5. The highest BCUT2D eigenvalue weighted by atomic mass is 32.1. The summed E-state index contributed by atoms with van der Waals surface area (Å²) in [5.41, 5.74) is 2.86. The Hall–Kier alpha value is -3.25. The second-order valence-electron chi connectivity index (χ2n) is 9.24. The summed E-state index contributed by atoms with van der Waals surface area (Å²) in [5, 5.41) is 15.7. The van der Waals surface area contributed by atoms with Crippen LogP contribution in [0.4, 0.5) is 0 Å². The molecule has 0 aliphatic carbocycles. The number of carboxylic acids is 1. The van der Waals surface area contributed by atoms with E-state index in [1.54, 1.807) is 35.2 Å². The summed E-state index contributed by atoms with van der Waals surface area (Å²) >= 11 is 5.69. The maximum absolute atomic E-state index is 12.9. The number of carbonyl (C=O) groups excluding carboxylic acids is 4. The molecule has 1 aliphatic rings. The Labute approximate surface area is 224 Å². The predicted molar refractivity (Wildman–Crippen MR) is 141 cm³/mol. The Bertz CT molecular complexity index is 1120. The van der Waals surface area contributed by atoms with Crippen molar-refractivity contribution < 1.29 is 29.1 Å². The van der Waals surface area contributed by atoms with E-state index in [2.05, 4.69) is 28.2 Å². The summed E-state index contributed by atoms with van der Waals surface area (Å²) in [7, 11) is 0. The van der Waals surface area contributed by atoms with Crippen molar-refractivity contribution in [3.63, 3.8) is 0 Å². The van der Waals surface area contributed by atoms with Gasteiger partial charge in [0.05, 0.1) is 27.6 Å². The molecule has 0 saturated carbocycles. The van der Waals surface area contributed by atoms with E-state index in [1.807, 2.05) is 13.8 Å². The first kappa shape index (κ1) is 28.3. The molecule has 0 saturated heterocycles. The van der Waals surface area contributed by atoms with Gasteiger partial charge >= 0.3 is 5.97 Å². The number of amides is 4. The number of nitrogens with one attached hydrogen (secondary N) is 2. The lowest BCUT2D eigenvalue weighted by molar-refractivity contribution is -0.142. The third-order valence-electron chi connectivity index (χ3n) is 5.89. The van der Waals surface area contributed by atoms with Gasteiger partial charge in [-0.15, -0.1) is 11.3 Å². The highest BCUT2D eigenvalue weighted by molar-refractivity contribution is 7.81. The van der Waals surface area contributed by atoms with E-state index >= 15 is 0 Å². The molecule has 0 bridgehead atoms. The predicted octanol–water partition coefficient (Wildman–Crippen LogP) is 2.16. The Morgan fingerprint density at radius 1 is 1.05 bits per heavy atom. The van der Waals surface area contributed by atoms with Crippen molar-refractivity contribution in [3.8, 4) is 0 Å². The van der Waals surface area contributed by atoms with E-state index in [0.29, 0.717) is 29.7 Å². The first-order valence-electron chi connectivity index (χ1n) is 11.9. The number of benzene rings is 1. The molecule has 3 rings (SSSR count). The van der Waals surface area contributed by atoms with E-state index in [4.69, 9.17) is 0 Å². The molecule has 2 aromatic rings. The third kappa shape index (κ3) is 7.39. The number of rotatable bonds is 13. The molecular weight excluding hydrogens is 516 g/mol. The SMILES string of the molecule is CC(C)C[C@H](NC(=O)C(S)CCCN1C(=O)c2ccccc2C1=O)C(=O)N[C@@H](Cc1cscn1)C(=O)O. The Morgan fingerprint density at radius 2 is 1.68 bits per heavy atom. The lowest BCUT2D eigenvalue weighted by atomic mass is 10.0. The fourth-order valence-electron chi connectivity index (χ4n) is 4.01. The smallest absolute Gasteiger partial charge is 0.326 e. The molecule has 1 aromatic heterocycles. The van der Waals surface area contributed by atoms with Gasteiger partial charge < -0.3 is 15.7 Å². The van der Waals surface area contributed by atoms with Crippen molar-refractivity contribution >= 4 is 53.6 Å². The van der Waals surface area contributed by atoms with Gasteiger partial charge in [0.25, 0.3) is 11.8 Å². The van der Waals surface area contributed by atoms with Crippen LogP contribution < -0.4 is 10.6 Å². The van der Waals surface area contributed by atoms with Crippen LogP contribution in [-0.4, -0.2) is 68.5 Å². The fraction of sp³-hybridized carbons (Fsp3) is 0.440. The zero-order chi connectivity index (χ0) is 27.1. The van der Waals surface area contributed by atoms with Crippen molar-refractivity contribution in [3.05, 3.63) is 52.0 Å². The zero-order valence-electron chi connectivity index (χ0n) is 20.5. The fourth-order valence-corrected chi connectivity index (χ4v) is 4.84. The minimum absolute atomic E-state index is 0.0277. The van der Waals surface area contributed by atoms with Crippen LogP contribution in [0.5, 0.6) is 0 Å². The number of hydrogen-bond donors (Lipinski definition) is 4. The number of carboxylic acid groups (broad SMARTS) is 1. The van der Waals surface area contributed by atoms with Gasteiger partial charge in [-0.25, -0.2) is 9.78 Å². The maximum Gasteiger partial charge on any atom is 0.326 e. The van der Waals surface area contributed by atoms with Crippen molar-refractivity contribution in [2.24, 2.45) is 5.92 Å². The maximum atomic E-state index is 12.9. The average molecular weight is 547 g/mol. The summed E-state index contributed by atoms with van der Waals surface area (Å²) in [6, 6.07) is 4.47. The first-order valence-corrected chi connectivity index (χ1v) is 13.4. The molecule has 0 fully saturated rings. The van der Waals surface area contributed by atoms with Crippen LogP contribution in [0.15, 0.2) is 35.2 Å². The van der Waals surface area contributed by atoms with Crippen LogP contribution in [0, 0.1) is 5.92 Å². The number of aromatic nitrogens is 1. The second-order valence-corrected chi connectivity index (χ2v) is 10.6. The Kier molecular flexibility index (Phi) is 9.81. The number of hydrogen-bond acceptors (Lipinski definition) is 8. The standard InChI is InChI=1S/C25H30N4O6S2/c1-14(2)10-18(21(30)28-19(25(34)35)11-15-12-37-13-26-15)27-22(31)20(36)8-5-9-29-23(32)16-6-3-4-7-17(16)24(29)33/h3-4,6-7,12-14,18-20,36H,5,8-11H2,1-2H3,(H,27,31)(H,28,30)(H,34,35)/t18-,19-,20?/m0/s1. The minimum Gasteiger partial charge on any atom is -0.480 e. The van der Waals surface area contributed by atoms with E-state index in [-0.39, 0.29) is 37.1 Å². The molecule has 4 amide bonds. The van der Waals surface area contributed by atoms with Crippen LogP contribution in [0.25, 0.3) is 0 Å². The van der Waals surface area contributed by atoms with Crippen LogP contribution in [0.1, 0.15) is 59.5 Å². The average Bonchev–Trinajstić information content (AvgIpc) is 3.45. The molecule has 1 aliphatic heterocycles. The van der Waals surface area contributed by atoms with Gasteiger partial charge in [0, 0.05) is 18.3 Å². The topological polar surface area (TPSA) is 146 Å². The van der Waals surface area contributed by atoms with Crippen molar-refractivity contribution in [2.75, 3.05) is 6.54 Å². The molecule has 1 aromatic carbocycles. The minimum atomic E-state index is -1.20. The summed E-state index contributed by atoms with van der Waals surface area (Å²) in [5.74, 6) is -2.96. The zero-order valence-corrected chi connectivity index (χ0v) is 22.3. The Morgan fingerprint density at radius 3 is 2.22 bits per heavy atom. The number of imide groups is 1. The first-order chi connectivity index (χ1) is 17.6. The molecule has 3 atom stereocenters. The number of fused-ring (bicyclic) bond motifs is 1. The highest BCUT2D eigenvalue weighted by Gasteiger charge is 2.35. The van der Waals surface area contributed by atoms with Crippen molar-refractivity contribution in [1.82, 2.24) is 20.5 Å². The van der Waals surface area contributed by atoms with Crippen LogP contribution in [-0.2, 0) is 20.8 Å². The van der Waals surface area contributed by atoms with Gasteiger partial charge in [-0.3, -0.25) is 24.1 Å². The molecule has 1 unspecified atom stereocenters. The van der Waals surface area contributed by atoms with E-state index < -0.39 is 35.1 Å². The largest absolute Gasteiger partial charge is 0.480 e. The summed E-state index contributed by atoms with van der Waals surface area (Å²) < 4.78 is 0. The monoisotopic (exact) mass is 546 g/mol. The normalized spacial score (nSPS) is 15.3. The van der Waals surface area contributed by atoms with Crippen molar-refractivity contribution in [2.45, 2.75) is 56.9 Å². The lowest BCUT2D eigenvalue weighted by Gasteiger charge is -2.24. The van der Waals surface area contributed by atoms with Gasteiger partial charge in [-0.1, -0.05) is 26.0 Å². The van der Waals surface area contributed by atoms with Crippen LogP contribution in [0.2, 0.25) is 0 Å². The number of nitrogens with zero attached hydrogens (tertiary/aromatic N) is 2.